The zero-order chi connectivity index (χ0) is 23.2. The summed E-state index contributed by atoms with van der Waals surface area (Å²) >= 11 is 0. The molecule has 0 bridgehead atoms. The second-order valence-electron chi connectivity index (χ2n) is 8.44. The number of hydrogen-bond donors (Lipinski definition) is 2. The van der Waals surface area contributed by atoms with Crippen LogP contribution in [0.2, 0.25) is 0 Å². The van der Waals surface area contributed by atoms with Crippen molar-refractivity contribution in [3.05, 3.63) is 71.8 Å². The first-order chi connectivity index (χ1) is 15.8. The topological polar surface area (TPSA) is 95.2 Å². The molecule has 1 aliphatic rings. The molecule has 1 saturated heterocycles. The number of piperidine rings is 1. The molecule has 3 heterocycles. The number of anilines is 1. The number of aromatic nitrogens is 2. The lowest BCUT2D eigenvalue weighted by molar-refractivity contribution is 0.102. The minimum atomic E-state index is -3.17. The number of nitrogens with one attached hydrogen (secondary N) is 2. The molecule has 2 aromatic heterocycles. The molecular weight excluding hydrogens is 443 g/mol. The van der Waals surface area contributed by atoms with E-state index in [4.69, 9.17) is 0 Å². The van der Waals surface area contributed by atoms with Gasteiger partial charge in [0.1, 0.15) is 5.82 Å². The van der Waals surface area contributed by atoms with Gasteiger partial charge in [-0.2, -0.15) is 0 Å². The van der Waals surface area contributed by atoms with Crippen LogP contribution in [0.3, 0.4) is 0 Å². The Morgan fingerprint density at radius 2 is 1.85 bits per heavy atom. The molecule has 1 aliphatic heterocycles. The van der Waals surface area contributed by atoms with Crippen LogP contribution < -0.4 is 5.32 Å². The third-order valence-corrected chi connectivity index (χ3v) is 7.49. The molecule has 5 rings (SSSR count). The van der Waals surface area contributed by atoms with E-state index in [1.165, 1.54) is 28.8 Å². The summed E-state index contributed by atoms with van der Waals surface area (Å²) in [5, 5.41) is 4.76. The Bertz CT molecular complexity index is 1470. The maximum atomic E-state index is 13.5. The summed E-state index contributed by atoms with van der Waals surface area (Å²) < 4.78 is 38.5. The van der Waals surface area contributed by atoms with E-state index in [0.717, 1.165) is 40.3 Å². The number of halogens is 1. The van der Waals surface area contributed by atoms with Crippen LogP contribution in [-0.2, 0) is 10.0 Å². The number of rotatable bonds is 4. The number of hydrogen-bond acceptors (Lipinski definition) is 4. The van der Waals surface area contributed by atoms with Crippen LogP contribution in [0.15, 0.2) is 54.7 Å². The first-order valence-corrected chi connectivity index (χ1v) is 12.6. The number of fused-ring (bicyclic) bond motifs is 3. The minimum absolute atomic E-state index is 0.188. The van der Waals surface area contributed by atoms with Gasteiger partial charge in [0.25, 0.3) is 5.91 Å². The number of sulfonamides is 1. The fraction of sp³-hybridized carbons (Fsp3) is 0.250. The number of nitrogens with zero attached hydrogens (tertiary/aromatic N) is 2. The van der Waals surface area contributed by atoms with E-state index in [1.54, 1.807) is 18.3 Å². The molecule has 7 nitrogen and oxygen atoms in total. The maximum Gasteiger partial charge on any atom is 0.255 e. The Kier molecular flexibility index (Phi) is 5.38. The van der Waals surface area contributed by atoms with E-state index in [1.807, 2.05) is 18.2 Å². The van der Waals surface area contributed by atoms with Crippen molar-refractivity contribution in [2.45, 2.75) is 18.8 Å². The SMILES string of the molecule is CS(=O)(=O)N1CCC(c2cc3c(cn2)[nH]c2ccc(NC(=O)c4cccc(F)c4)cc23)CC1. The fourth-order valence-electron chi connectivity index (χ4n) is 4.43. The van der Waals surface area contributed by atoms with Crippen molar-refractivity contribution in [3.8, 4) is 0 Å². The normalized spacial score (nSPS) is 15.8. The molecule has 0 radical (unpaired) electrons. The van der Waals surface area contributed by atoms with Crippen molar-refractivity contribution < 1.29 is 17.6 Å². The predicted molar refractivity (Wildman–Crippen MR) is 126 cm³/mol. The summed E-state index contributed by atoms with van der Waals surface area (Å²) in [5.41, 5.74) is 3.60. The average Bonchev–Trinajstić information content (AvgIpc) is 3.16. The summed E-state index contributed by atoms with van der Waals surface area (Å²) in [6.07, 6.45) is 4.50. The van der Waals surface area contributed by atoms with E-state index in [-0.39, 0.29) is 17.4 Å². The molecular formula is C24H23FN4O3S. The second-order valence-corrected chi connectivity index (χ2v) is 10.4. The van der Waals surface area contributed by atoms with Gasteiger partial charge in [-0.3, -0.25) is 9.78 Å². The molecule has 2 aromatic carbocycles. The first kappa shape index (κ1) is 21.5. The third-order valence-electron chi connectivity index (χ3n) is 6.19. The third kappa shape index (κ3) is 4.34. The van der Waals surface area contributed by atoms with Gasteiger partial charge in [-0.05, 0) is 55.3 Å². The Morgan fingerprint density at radius 3 is 2.58 bits per heavy atom. The molecule has 0 saturated carbocycles. The van der Waals surface area contributed by atoms with E-state index >= 15 is 0 Å². The standard InChI is InChI=1S/C24H23FN4O3S/c1-33(31,32)29-9-7-15(8-10-29)22-13-20-19-12-18(5-6-21(19)28-23(20)14-26-22)27-24(30)16-3-2-4-17(25)11-16/h2-6,11-15,28H,7-10H2,1H3,(H,27,30). The lowest BCUT2D eigenvalue weighted by Crippen LogP contribution is -2.37. The Hall–Kier alpha value is -3.30. The average molecular weight is 467 g/mol. The van der Waals surface area contributed by atoms with E-state index in [2.05, 4.69) is 15.3 Å². The van der Waals surface area contributed by atoms with Gasteiger partial charge in [-0.25, -0.2) is 17.1 Å². The van der Waals surface area contributed by atoms with Crippen LogP contribution in [0, 0.1) is 5.82 Å². The Morgan fingerprint density at radius 1 is 1.09 bits per heavy atom. The molecule has 0 aliphatic carbocycles. The molecule has 170 valence electrons. The molecule has 9 heteroatoms. The van der Waals surface area contributed by atoms with Crippen LogP contribution in [0.25, 0.3) is 21.8 Å². The molecule has 0 spiro atoms. The van der Waals surface area contributed by atoms with Gasteiger partial charge in [-0.15, -0.1) is 0 Å². The molecule has 33 heavy (non-hydrogen) atoms. The van der Waals surface area contributed by atoms with Crippen molar-refractivity contribution in [1.82, 2.24) is 14.3 Å². The van der Waals surface area contributed by atoms with Gasteiger partial charge >= 0.3 is 0 Å². The number of benzene rings is 2. The van der Waals surface area contributed by atoms with Gasteiger partial charge in [-0.1, -0.05) is 6.07 Å². The summed E-state index contributed by atoms with van der Waals surface area (Å²) in [5.74, 6) is -0.654. The molecule has 0 atom stereocenters. The molecule has 0 unspecified atom stereocenters. The first-order valence-electron chi connectivity index (χ1n) is 10.7. The lowest BCUT2D eigenvalue weighted by atomic mass is 9.93. The predicted octanol–water partition coefficient (Wildman–Crippen LogP) is 4.25. The summed E-state index contributed by atoms with van der Waals surface area (Å²) in [6, 6.07) is 13.2. The second kappa shape index (κ2) is 8.24. The largest absolute Gasteiger partial charge is 0.353 e. The van der Waals surface area contributed by atoms with E-state index in [9.17, 15) is 17.6 Å². The summed E-state index contributed by atoms with van der Waals surface area (Å²) in [6.45, 7) is 0.987. The zero-order valence-electron chi connectivity index (χ0n) is 18.0. The number of aromatic amines is 1. The molecule has 4 aromatic rings. The lowest BCUT2D eigenvalue weighted by Gasteiger charge is -2.29. The monoisotopic (exact) mass is 466 g/mol. The quantitative estimate of drug-likeness (QED) is 0.470. The number of carbonyl (C=O) groups is 1. The highest BCUT2D eigenvalue weighted by Gasteiger charge is 2.26. The van der Waals surface area contributed by atoms with Crippen LogP contribution in [0.1, 0.15) is 34.8 Å². The van der Waals surface area contributed by atoms with Gasteiger partial charge in [0.15, 0.2) is 0 Å². The van der Waals surface area contributed by atoms with Crippen LogP contribution >= 0.6 is 0 Å². The maximum absolute atomic E-state index is 13.5. The van der Waals surface area contributed by atoms with Crippen LogP contribution in [0.4, 0.5) is 10.1 Å². The smallest absolute Gasteiger partial charge is 0.255 e. The number of H-pyrrole nitrogens is 1. The zero-order valence-corrected chi connectivity index (χ0v) is 18.8. The Labute approximate surface area is 190 Å². The van der Waals surface area contributed by atoms with E-state index < -0.39 is 15.8 Å². The van der Waals surface area contributed by atoms with E-state index in [0.29, 0.717) is 18.8 Å². The Balaban J connectivity index is 1.42. The summed E-state index contributed by atoms with van der Waals surface area (Å²) in [7, 11) is -3.17. The number of pyridine rings is 1. The van der Waals surface area contributed by atoms with Crippen molar-refractivity contribution in [1.29, 1.82) is 0 Å². The van der Waals surface area contributed by atoms with Crippen molar-refractivity contribution in [2.75, 3.05) is 24.7 Å². The highest BCUT2D eigenvalue weighted by Crippen LogP contribution is 2.33. The van der Waals surface area contributed by atoms with Crippen LogP contribution in [0.5, 0.6) is 0 Å². The van der Waals surface area contributed by atoms with Crippen LogP contribution in [-0.4, -0.2) is 47.9 Å². The highest BCUT2D eigenvalue weighted by molar-refractivity contribution is 7.88. The van der Waals surface area contributed by atoms with Crippen molar-refractivity contribution in [3.63, 3.8) is 0 Å². The fourth-order valence-corrected chi connectivity index (χ4v) is 5.31. The molecule has 1 amide bonds. The van der Waals surface area contributed by atoms with Gasteiger partial charge in [0, 0.05) is 52.2 Å². The number of carbonyl (C=O) groups excluding carboxylic acids is 1. The summed E-state index contributed by atoms with van der Waals surface area (Å²) in [4.78, 5) is 20.5. The molecule has 2 N–H and O–H groups in total. The minimum Gasteiger partial charge on any atom is -0.353 e. The van der Waals surface area contributed by atoms with Gasteiger partial charge in [0.2, 0.25) is 10.0 Å². The van der Waals surface area contributed by atoms with Crippen molar-refractivity contribution in [2.24, 2.45) is 0 Å². The van der Waals surface area contributed by atoms with Gasteiger partial charge in [0.05, 0.1) is 18.0 Å². The van der Waals surface area contributed by atoms with Crippen molar-refractivity contribution >= 4 is 43.4 Å². The van der Waals surface area contributed by atoms with Gasteiger partial charge < -0.3 is 10.3 Å². The number of amides is 1. The molecule has 1 fully saturated rings. The highest BCUT2D eigenvalue weighted by atomic mass is 32.2.